The van der Waals surface area contributed by atoms with Crippen LogP contribution in [0.4, 0.5) is 0 Å². The average Bonchev–Trinajstić information content (AvgIpc) is 2.37. The van der Waals surface area contributed by atoms with E-state index in [4.69, 9.17) is 16.3 Å². The molecule has 3 nitrogen and oxygen atoms in total. The minimum absolute atomic E-state index is 0.321. The molecule has 0 saturated heterocycles. The molecule has 0 spiro atoms. The van der Waals surface area contributed by atoms with Gasteiger partial charge in [-0.3, -0.25) is 4.79 Å². The summed E-state index contributed by atoms with van der Waals surface area (Å²) in [5, 5.41) is 0.321. The third kappa shape index (κ3) is 2.87. The number of carbonyl (C=O) groups is 1. The SMILES string of the molecule is Cc1nc(Cl)cc(OCc2ccccc2)c1C=O. The van der Waals surface area contributed by atoms with Crippen molar-refractivity contribution in [2.24, 2.45) is 0 Å². The van der Waals surface area contributed by atoms with E-state index in [1.165, 1.54) is 0 Å². The quantitative estimate of drug-likeness (QED) is 0.625. The van der Waals surface area contributed by atoms with Gasteiger partial charge in [0.05, 0.1) is 11.3 Å². The Balaban J connectivity index is 2.21. The summed E-state index contributed by atoms with van der Waals surface area (Å²) in [6.07, 6.45) is 0.735. The normalized spacial score (nSPS) is 10.1. The lowest BCUT2D eigenvalue weighted by Crippen LogP contribution is -2.01. The molecular weight excluding hydrogens is 250 g/mol. The fraction of sp³-hybridized carbons (Fsp3) is 0.143. The van der Waals surface area contributed by atoms with Gasteiger partial charge in [-0.2, -0.15) is 0 Å². The van der Waals surface area contributed by atoms with Gasteiger partial charge < -0.3 is 4.74 Å². The first-order valence-corrected chi connectivity index (χ1v) is 5.87. The van der Waals surface area contributed by atoms with Gasteiger partial charge in [-0.05, 0) is 12.5 Å². The molecule has 0 saturated carbocycles. The number of rotatable bonds is 4. The Bertz CT molecular complexity index is 555. The van der Waals surface area contributed by atoms with Gasteiger partial charge in [0.1, 0.15) is 17.5 Å². The van der Waals surface area contributed by atoms with Gasteiger partial charge in [-0.1, -0.05) is 41.9 Å². The lowest BCUT2D eigenvalue weighted by Gasteiger charge is -2.10. The molecule has 0 aliphatic carbocycles. The maximum Gasteiger partial charge on any atom is 0.155 e. The summed E-state index contributed by atoms with van der Waals surface area (Å²) in [6, 6.07) is 11.3. The number of ether oxygens (including phenoxy) is 1. The first-order valence-electron chi connectivity index (χ1n) is 5.49. The highest BCUT2D eigenvalue weighted by Gasteiger charge is 2.09. The number of benzene rings is 1. The highest BCUT2D eigenvalue weighted by atomic mass is 35.5. The van der Waals surface area contributed by atoms with Crippen molar-refractivity contribution in [2.45, 2.75) is 13.5 Å². The van der Waals surface area contributed by atoms with E-state index in [1.54, 1.807) is 13.0 Å². The summed E-state index contributed by atoms with van der Waals surface area (Å²) < 4.78 is 5.62. The van der Waals surface area contributed by atoms with E-state index in [-0.39, 0.29) is 0 Å². The van der Waals surface area contributed by atoms with Crippen LogP contribution in [0.15, 0.2) is 36.4 Å². The largest absolute Gasteiger partial charge is 0.488 e. The second-order valence-electron chi connectivity index (χ2n) is 3.83. The highest BCUT2D eigenvalue weighted by molar-refractivity contribution is 6.29. The standard InChI is InChI=1S/C14H12ClNO2/c1-10-12(8-17)13(7-14(15)16-10)18-9-11-5-3-2-4-6-11/h2-8H,9H2,1H3. The van der Waals surface area contributed by atoms with E-state index in [0.717, 1.165) is 11.8 Å². The van der Waals surface area contributed by atoms with Gasteiger partial charge in [-0.15, -0.1) is 0 Å². The Kier molecular flexibility index (Phi) is 3.95. The van der Waals surface area contributed by atoms with Crippen LogP contribution in [0.3, 0.4) is 0 Å². The minimum atomic E-state index is 0.321. The van der Waals surface area contributed by atoms with Gasteiger partial charge in [-0.25, -0.2) is 4.98 Å². The van der Waals surface area contributed by atoms with Crippen LogP contribution >= 0.6 is 11.6 Å². The van der Waals surface area contributed by atoms with Crippen molar-refractivity contribution in [3.63, 3.8) is 0 Å². The third-order valence-electron chi connectivity index (χ3n) is 2.53. The number of nitrogens with zero attached hydrogens (tertiary/aromatic N) is 1. The first-order chi connectivity index (χ1) is 8.70. The van der Waals surface area contributed by atoms with Crippen LogP contribution in [0.25, 0.3) is 0 Å². The molecule has 0 aliphatic heterocycles. The number of hydrogen-bond donors (Lipinski definition) is 0. The molecule has 92 valence electrons. The van der Waals surface area contributed by atoms with Crippen molar-refractivity contribution >= 4 is 17.9 Å². The topological polar surface area (TPSA) is 39.2 Å². The average molecular weight is 262 g/mol. The van der Waals surface area contributed by atoms with Crippen LogP contribution in [0.5, 0.6) is 5.75 Å². The Morgan fingerprint density at radius 3 is 2.72 bits per heavy atom. The maximum atomic E-state index is 11.0. The summed E-state index contributed by atoms with van der Waals surface area (Å²) in [4.78, 5) is 15.0. The molecule has 0 bridgehead atoms. The van der Waals surface area contributed by atoms with E-state index in [2.05, 4.69) is 4.98 Å². The number of aldehydes is 1. The van der Waals surface area contributed by atoms with Gasteiger partial charge in [0.15, 0.2) is 6.29 Å². The molecule has 2 rings (SSSR count). The minimum Gasteiger partial charge on any atom is -0.488 e. The van der Waals surface area contributed by atoms with Crippen LogP contribution < -0.4 is 4.74 Å². The molecule has 0 radical (unpaired) electrons. The van der Waals surface area contributed by atoms with E-state index in [0.29, 0.717) is 28.8 Å². The van der Waals surface area contributed by atoms with E-state index >= 15 is 0 Å². The molecule has 1 aromatic carbocycles. The Morgan fingerprint density at radius 1 is 1.33 bits per heavy atom. The summed E-state index contributed by atoms with van der Waals surface area (Å²) in [6.45, 7) is 2.12. The van der Waals surface area contributed by atoms with Crippen molar-refractivity contribution in [3.8, 4) is 5.75 Å². The monoisotopic (exact) mass is 261 g/mol. The highest BCUT2D eigenvalue weighted by Crippen LogP contribution is 2.24. The number of aryl methyl sites for hydroxylation is 1. The van der Waals surface area contributed by atoms with Crippen molar-refractivity contribution in [1.82, 2.24) is 4.98 Å². The number of hydrogen-bond acceptors (Lipinski definition) is 3. The third-order valence-corrected chi connectivity index (χ3v) is 2.73. The molecule has 0 amide bonds. The van der Waals surface area contributed by atoms with Crippen LogP contribution in [0.1, 0.15) is 21.6 Å². The fourth-order valence-electron chi connectivity index (χ4n) is 1.62. The maximum absolute atomic E-state index is 11.0. The van der Waals surface area contributed by atoms with Crippen molar-refractivity contribution in [2.75, 3.05) is 0 Å². The number of pyridine rings is 1. The summed E-state index contributed by atoms with van der Waals surface area (Å²) in [5.41, 5.74) is 2.04. The predicted octanol–water partition coefficient (Wildman–Crippen LogP) is 3.43. The molecule has 0 unspecified atom stereocenters. The number of halogens is 1. The van der Waals surface area contributed by atoms with Gasteiger partial charge in [0, 0.05) is 6.07 Å². The predicted molar refractivity (Wildman–Crippen MR) is 70.1 cm³/mol. The van der Waals surface area contributed by atoms with Crippen LogP contribution in [-0.4, -0.2) is 11.3 Å². The van der Waals surface area contributed by atoms with Gasteiger partial charge in [0.25, 0.3) is 0 Å². The Labute approximate surface area is 110 Å². The number of carbonyl (C=O) groups excluding carboxylic acids is 1. The van der Waals surface area contributed by atoms with Gasteiger partial charge >= 0.3 is 0 Å². The molecular formula is C14H12ClNO2. The second kappa shape index (κ2) is 5.65. The lowest BCUT2D eigenvalue weighted by molar-refractivity contribution is 0.111. The van der Waals surface area contributed by atoms with Crippen LogP contribution in [0.2, 0.25) is 5.15 Å². The number of aromatic nitrogens is 1. The lowest BCUT2D eigenvalue weighted by atomic mass is 10.2. The molecule has 0 fully saturated rings. The Hall–Kier alpha value is -1.87. The smallest absolute Gasteiger partial charge is 0.155 e. The molecule has 0 aliphatic rings. The first kappa shape index (κ1) is 12.6. The fourth-order valence-corrected chi connectivity index (χ4v) is 1.84. The molecule has 0 atom stereocenters. The van der Waals surface area contributed by atoms with E-state index < -0.39 is 0 Å². The summed E-state index contributed by atoms with van der Waals surface area (Å²) >= 11 is 5.85. The summed E-state index contributed by atoms with van der Waals surface area (Å²) in [5.74, 6) is 0.464. The van der Waals surface area contributed by atoms with Crippen molar-refractivity contribution in [1.29, 1.82) is 0 Å². The van der Waals surface area contributed by atoms with Crippen molar-refractivity contribution in [3.05, 3.63) is 58.4 Å². The van der Waals surface area contributed by atoms with Crippen molar-refractivity contribution < 1.29 is 9.53 Å². The summed E-state index contributed by atoms with van der Waals surface area (Å²) in [7, 11) is 0. The zero-order valence-electron chi connectivity index (χ0n) is 9.89. The van der Waals surface area contributed by atoms with Gasteiger partial charge in [0.2, 0.25) is 0 Å². The second-order valence-corrected chi connectivity index (χ2v) is 4.22. The molecule has 18 heavy (non-hydrogen) atoms. The zero-order chi connectivity index (χ0) is 13.0. The molecule has 1 heterocycles. The molecule has 2 aromatic rings. The van der Waals surface area contributed by atoms with E-state index in [9.17, 15) is 4.79 Å². The van der Waals surface area contributed by atoms with Crippen LogP contribution in [-0.2, 0) is 6.61 Å². The zero-order valence-corrected chi connectivity index (χ0v) is 10.6. The molecule has 1 aromatic heterocycles. The molecule has 4 heteroatoms. The van der Waals surface area contributed by atoms with E-state index in [1.807, 2.05) is 30.3 Å². The van der Waals surface area contributed by atoms with Crippen LogP contribution in [0, 0.1) is 6.92 Å². The Morgan fingerprint density at radius 2 is 2.06 bits per heavy atom. The molecule has 0 N–H and O–H groups in total.